The van der Waals surface area contributed by atoms with E-state index in [4.69, 9.17) is 0 Å². The molecule has 2 aromatic heterocycles. The fourth-order valence-corrected chi connectivity index (χ4v) is 3.50. The summed E-state index contributed by atoms with van der Waals surface area (Å²) in [6.45, 7) is 2.10. The first kappa shape index (κ1) is 20.6. The zero-order chi connectivity index (χ0) is 20.6. The van der Waals surface area contributed by atoms with Crippen LogP contribution in [0.25, 0.3) is 0 Å². The Hall–Kier alpha value is -3.10. The number of amides is 2. The monoisotopic (exact) mass is 409 g/mol. The second-order valence-electron chi connectivity index (χ2n) is 6.72. The fraction of sp³-hybridized carbons (Fsp3) is 0.238. The highest BCUT2D eigenvalue weighted by Crippen LogP contribution is 2.23. The number of hydrogen-bond donors (Lipinski definition) is 2. The molecule has 0 aliphatic heterocycles. The van der Waals surface area contributed by atoms with Crippen molar-refractivity contribution in [1.82, 2.24) is 20.2 Å². The lowest BCUT2D eigenvalue weighted by atomic mass is 10.1. The van der Waals surface area contributed by atoms with Crippen LogP contribution in [0.2, 0.25) is 0 Å². The molecule has 0 bridgehead atoms. The zero-order valence-corrected chi connectivity index (χ0v) is 17.1. The molecule has 29 heavy (non-hydrogen) atoms. The Morgan fingerprint density at radius 3 is 2.48 bits per heavy atom. The van der Waals surface area contributed by atoms with Gasteiger partial charge in [0.25, 0.3) is 0 Å². The lowest BCUT2D eigenvalue weighted by Crippen LogP contribution is -2.40. The second kappa shape index (κ2) is 9.90. The molecule has 2 amide bonds. The number of benzene rings is 1. The van der Waals surface area contributed by atoms with Crippen molar-refractivity contribution in [2.45, 2.75) is 13.0 Å². The van der Waals surface area contributed by atoms with Crippen LogP contribution in [0.4, 0.5) is 5.82 Å². The van der Waals surface area contributed by atoms with Gasteiger partial charge in [-0.25, -0.2) is 9.97 Å². The Kier molecular flexibility index (Phi) is 7.04. The summed E-state index contributed by atoms with van der Waals surface area (Å²) < 4.78 is 0. The van der Waals surface area contributed by atoms with E-state index in [1.807, 2.05) is 48.7 Å². The van der Waals surface area contributed by atoms with E-state index < -0.39 is 0 Å². The van der Waals surface area contributed by atoms with Crippen molar-refractivity contribution in [2.24, 2.45) is 0 Å². The summed E-state index contributed by atoms with van der Waals surface area (Å²) in [7, 11) is 1.72. The molecule has 8 heteroatoms. The summed E-state index contributed by atoms with van der Waals surface area (Å²) in [5.74, 6) is 0.0837. The summed E-state index contributed by atoms with van der Waals surface area (Å²) >= 11 is 1.49. The normalized spacial score (nSPS) is 11.8. The maximum Gasteiger partial charge on any atom is 0.239 e. The standard InChI is InChI=1S/C21H23N5O2S/c1-15-8-9-17(23-12-15)24-18(27)13-26(2)14-19(28)25-20(21-22-10-11-29-21)16-6-4-3-5-7-16/h3-12,20H,13-14H2,1-2H3,(H,25,28)(H,23,24,27). The molecule has 0 spiro atoms. The van der Waals surface area contributed by atoms with Gasteiger partial charge in [0.1, 0.15) is 16.9 Å². The molecule has 150 valence electrons. The van der Waals surface area contributed by atoms with Gasteiger partial charge in [0.2, 0.25) is 11.8 Å². The second-order valence-corrected chi connectivity index (χ2v) is 7.65. The number of nitrogens with one attached hydrogen (secondary N) is 2. The molecule has 0 saturated heterocycles. The molecule has 0 fully saturated rings. The van der Waals surface area contributed by atoms with Gasteiger partial charge in [0, 0.05) is 17.8 Å². The number of likely N-dealkylation sites (N-methyl/N-ethyl adjacent to an activating group) is 1. The van der Waals surface area contributed by atoms with Crippen LogP contribution >= 0.6 is 11.3 Å². The number of anilines is 1. The van der Waals surface area contributed by atoms with Crippen LogP contribution in [0.1, 0.15) is 22.2 Å². The van der Waals surface area contributed by atoms with Crippen LogP contribution in [-0.2, 0) is 9.59 Å². The Balaban J connectivity index is 1.55. The Bertz CT molecular complexity index is 929. The van der Waals surface area contributed by atoms with Crippen LogP contribution in [0, 0.1) is 6.92 Å². The third-order valence-electron chi connectivity index (χ3n) is 4.14. The number of carbonyl (C=O) groups is 2. The van der Waals surface area contributed by atoms with Crippen molar-refractivity contribution in [1.29, 1.82) is 0 Å². The van der Waals surface area contributed by atoms with E-state index in [1.165, 1.54) is 11.3 Å². The minimum absolute atomic E-state index is 0.0796. The summed E-state index contributed by atoms with van der Waals surface area (Å²) in [5, 5.41) is 8.45. The van der Waals surface area contributed by atoms with Gasteiger partial charge < -0.3 is 10.6 Å². The third kappa shape index (κ3) is 6.20. The molecule has 2 N–H and O–H groups in total. The van der Waals surface area contributed by atoms with Crippen molar-refractivity contribution >= 4 is 29.0 Å². The first-order chi connectivity index (χ1) is 14.0. The summed E-state index contributed by atoms with van der Waals surface area (Å²) in [4.78, 5) is 34.9. The number of thiazole rings is 1. The Morgan fingerprint density at radius 1 is 1.07 bits per heavy atom. The maximum atomic E-state index is 12.6. The number of nitrogens with zero attached hydrogens (tertiary/aromatic N) is 3. The van der Waals surface area contributed by atoms with E-state index in [9.17, 15) is 9.59 Å². The predicted octanol–water partition coefficient (Wildman–Crippen LogP) is 2.62. The smallest absolute Gasteiger partial charge is 0.239 e. The van der Waals surface area contributed by atoms with Gasteiger partial charge in [-0.1, -0.05) is 36.4 Å². The van der Waals surface area contributed by atoms with Gasteiger partial charge in [-0.3, -0.25) is 14.5 Å². The molecule has 1 unspecified atom stereocenters. The molecule has 0 radical (unpaired) electrons. The molecule has 3 aromatic rings. The fourth-order valence-electron chi connectivity index (χ4n) is 2.79. The van der Waals surface area contributed by atoms with Crippen LogP contribution in [0.3, 0.4) is 0 Å². The molecule has 7 nitrogen and oxygen atoms in total. The number of hydrogen-bond acceptors (Lipinski definition) is 6. The molecule has 3 rings (SSSR count). The zero-order valence-electron chi connectivity index (χ0n) is 16.3. The highest BCUT2D eigenvalue weighted by molar-refractivity contribution is 7.09. The highest BCUT2D eigenvalue weighted by atomic mass is 32.1. The van der Waals surface area contributed by atoms with Gasteiger partial charge in [-0.15, -0.1) is 11.3 Å². The molecule has 1 aromatic carbocycles. The van der Waals surface area contributed by atoms with Crippen molar-refractivity contribution < 1.29 is 9.59 Å². The molecule has 1 atom stereocenters. The van der Waals surface area contributed by atoms with Gasteiger partial charge in [-0.05, 0) is 31.2 Å². The predicted molar refractivity (Wildman–Crippen MR) is 114 cm³/mol. The van der Waals surface area contributed by atoms with Gasteiger partial charge in [-0.2, -0.15) is 0 Å². The minimum Gasteiger partial charge on any atom is -0.342 e. The molecule has 0 aliphatic carbocycles. The Morgan fingerprint density at radius 2 is 1.83 bits per heavy atom. The van der Waals surface area contributed by atoms with Gasteiger partial charge in [0.05, 0.1) is 13.1 Å². The van der Waals surface area contributed by atoms with Gasteiger partial charge >= 0.3 is 0 Å². The largest absolute Gasteiger partial charge is 0.342 e. The molecular formula is C21H23N5O2S. The number of carbonyl (C=O) groups excluding carboxylic acids is 2. The van der Waals surface area contributed by atoms with E-state index >= 15 is 0 Å². The van der Waals surface area contributed by atoms with Crippen LogP contribution in [-0.4, -0.2) is 46.8 Å². The summed E-state index contributed by atoms with van der Waals surface area (Å²) in [5.41, 5.74) is 1.98. The average molecular weight is 410 g/mol. The lowest BCUT2D eigenvalue weighted by molar-refractivity contribution is -0.123. The van der Waals surface area contributed by atoms with Crippen LogP contribution in [0.5, 0.6) is 0 Å². The number of aryl methyl sites for hydroxylation is 1. The molecule has 0 saturated carbocycles. The van der Waals surface area contributed by atoms with E-state index in [2.05, 4.69) is 20.6 Å². The first-order valence-electron chi connectivity index (χ1n) is 9.16. The first-order valence-corrected chi connectivity index (χ1v) is 10.0. The summed E-state index contributed by atoms with van der Waals surface area (Å²) in [6, 6.07) is 13.0. The quantitative estimate of drug-likeness (QED) is 0.597. The maximum absolute atomic E-state index is 12.6. The van der Waals surface area contributed by atoms with Gasteiger partial charge in [0.15, 0.2) is 0 Å². The molecular weight excluding hydrogens is 386 g/mol. The van der Waals surface area contributed by atoms with Crippen molar-refractivity contribution in [2.75, 3.05) is 25.5 Å². The van der Waals surface area contributed by atoms with Crippen molar-refractivity contribution in [3.8, 4) is 0 Å². The SMILES string of the molecule is Cc1ccc(NC(=O)CN(C)CC(=O)NC(c2ccccc2)c2nccs2)nc1. The number of rotatable bonds is 8. The Labute approximate surface area is 173 Å². The van der Waals surface area contributed by atoms with Crippen molar-refractivity contribution in [3.05, 3.63) is 76.4 Å². The summed E-state index contributed by atoms with van der Waals surface area (Å²) in [6.07, 6.45) is 3.41. The van der Waals surface area contributed by atoms with E-state index in [0.717, 1.165) is 16.1 Å². The molecule has 0 aliphatic rings. The third-order valence-corrected chi connectivity index (χ3v) is 4.98. The number of pyridine rings is 1. The topological polar surface area (TPSA) is 87.2 Å². The van der Waals surface area contributed by atoms with Crippen LogP contribution < -0.4 is 10.6 Å². The lowest BCUT2D eigenvalue weighted by Gasteiger charge is -2.20. The minimum atomic E-state index is -0.317. The van der Waals surface area contributed by atoms with E-state index in [0.29, 0.717) is 5.82 Å². The molecule has 2 heterocycles. The van der Waals surface area contributed by atoms with Crippen LogP contribution in [0.15, 0.2) is 60.2 Å². The average Bonchev–Trinajstić information content (AvgIpc) is 3.23. The van der Waals surface area contributed by atoms with Crippen molar-refractivity contribution in [3.63, 3.8) is 0 Å². The van der Waals surface area contributed by atoms with E-state index in [1.54, 1.807) is 30.4 Å². The highest BCUT2D eigenvalue weighted by Gasteiger charge is 2.20. The number of aromatic nitrogens is 2. The van der Waals surface area contributed by atoms with E-state index in [-0.39, 0.29) is 30.9 Å².